The number of aromatic nitrogens is 4. The number of nitrogens with one attached hydrogen (secondary N) is 1. The monoisotopic (exact) mass is 325 g/mol. The quantitative estimate of drug-likeness (QED) is 0.751. The highest BCUT2D eigenvalue weighted by atomic mass is 16.5. The van der Waals surface area contributed by atoms with Crippen molar-refractivity contribution in [1.82, 2.24) is 25.2 Å². The van der Waals surface area contributed by atoms with Crippen molar-refractivity contribution in [3.05, 3.63) is 54.1 Å². The first kappa shape index (κ1) is 15.9. The molecule has 0 aliphatic rings. The molecule has 7 nitrogen and oxygen atoms in total. The fraction of sp³-hybridized carbons (Fsp3) is 0.294. The molecule has 0 aliphatic carbocycles. The molecule has 3 aromatic rings. The normalized spacial score (nSPS) is 12.1. The standard InChI is InChI=1S/C17H19N5O2/c1-12(11-22-9-3-8-19-22)10-18-16(23)14-4-6-15(7-5-14)17-20-13(2)21-24-17/h3-9,12H,10-11H2,1-2H3,(H,18,23)/t12-/m1/s1. The minimum Gasteiger partial charge on any atom is -0.352 e. The summed E-state index contributed by atoms with van der Waals surface area (Å²) in [5, 5.41) is 10.9. The van der Waals surface area contributed by atoms with Crippen LogP contribution in [-0.2, 0) is 6.54 Å². The van der Waals surface area contributed by atoms with Gasteiger partial charge in [0.15, 0.2) is 5.82 Å². The smallest absolute Gasteiger partial charge is 0.257 e. The maximum atomic E-state index is 12.2. The van der Waals surface area contributed by atoms with E-state index in [4.69, 9.17) is 4.52 Å². The summed E-state index contributed by atoms with van der Waals surface area (Å²) >= 11 is 0. The van der Waals surface area contributed by atoms with Crippen molar-refractivity contribution in [3.63, 3.8) is 0 Å². The maximum Gasteiger partial charge on any atom is 0.257 e. The predicted molar refractivity (Wildman–Crippen MR) is 88.2 cm³/mol. The van der Waals surface area contributed by atoms with Crippen LogP contribution in [0.2, 0.25) is 0 Å². The molecule has 1 atom stereocenters. The molecule has 2 aromatic heterocycles. The first-order valence-electron chi connectivity index (χ1n) is 7.78. The lowest BCUT2D eigenvalue weighted by molar-refractivity contribution is 0.0946. The number of amides is 1. The molecular weight excluding hydrogens is 306 g/mol. The molecule has 0 saturated heterocycles. The van der Waals surface area contributed by atoms with E-state index in [9.17, 15) is 4.79 Å². The van der Waals surface area contributed by atoms with Crippen molar-refractivity contribution >= 4 is 5.91 Å². The fourth-order valence-corrected chi connectivity index (χ4v) is 2.34. The van der Waals surface area contributed by atoms with Gasteiger partial charge in [-0.15, -0.1) is 0 Å². The highest BCUT2D eigenvalue weighted by Gasteiger charge is 2.11. The molecule has 1 aromatic carbocycles. The summed E-state index contributed by atoms with van der Waals surface area (Å²) in [6.45, 7) is 5.19. The lowest BCUT2D eigenvalue weighted by atomic mass is 10.1. The highest BCUT2D eigenvalue weighted by molar-refractivity contribution is 5.94. The molecule has 3 rings (SSSR count). The van der Waals surface area contributed by atoms with E-state index in [1.54, 1.807) is 37.4 Å². The SMILES string of the molecule is Cc1noc(-c2ccc(C(=O)NC[C@@H](C)Cn3cccn3)cc2)n1. The number of carbonyl (C=O) groups is 1. The van der Waals surface area contributed by atoms with E-state index in [-0.39, 0.29) is 11.8 Å². The van der Waals surface area contributed by atoms with Crippen molar-refractivity contribution in [3.8, 4) is 11.5 Å². The van der Waals surface area contributed by atoms with Gasteiger partial charge in [-0.1, -0.05) is 12.1 Å². The van der Waals surface area contributed by atoms with Gasteiger partial charge >= 0.3 is 0 Å². The molecule has 24 heavy (non-hydrogen) atoms. The molecule has 1 amide bonds. The van der Waals surface area contributed by atoms with Crippen LogP contribution in [0.25, 0.3) is 11.5 Å². The number of aryl methyl sites for hydroxylation is 1. The first-order valence-corrected chi connectivity index (χ1v) is 7.78. The van der Waals surface area contributed by atoms with Gasteiger partial charge in [-0.3, -0.25) is 9.48 Å². The molecule has 0 unspecified atom stereocenters. The lowest BCUT2D eigenvalue weighted by Crippen LogP contribution is -2.30. The topological polar surface area (TPSA) is 85.8 Å². The van der Waals surface area contributed by atoms with Gasteiger partial charge in [-0.05, 0) is 43.2 Å². The fourth-order valence-electron chi connectivity index (χ4n) is 2.34. The Kier molecular flexibility index (Phi) is 4.69. The summed E-state index contributed by atoms with van der Waals surface area (Å²) in [5.74, 6) is 1.22. The van der Waals surface area contributed by atoms with E-state index >= 15 is 0 Å². The van der Waals surface area contributed by atoms with Crippen LogP contribution in [-0.4, -0.2) is 32.4 Å². The minimum atomic E-state index is -0.101. The van der Waals surface area contributed by atoms with Crippen molar-refractivity contribution in [1.29, 1.82) is 0 Å². The number of hydrogen-bond acceptors (Lipinski definition) is 5. The minimum absolute atomic E-state index is 0.101. The van der Waals surface area contributed by atoms with Gasteiger partial charge < -0.3 is 9.84 Å². The van der Waals surface area contributed by atoms with Gasteiger partial charge in [0.2, 0.25) is 0 Å². The molecule has 0 aliphatic heterocycles. The summed E-state index contributed by atoms with van der Waals surface area (Å²) in [6.07, 6.45) is 3.66. The molecule has 0 fully saturated rings. The molecular formula is C17H19N5O2. The van der Waals surface area contributed by atoms with Crippen LogP contribution < -0.4 is 5.32 Å². The van der Waals surface area contributed by atoms with Crippen LogP contribution in [0.5, 0.6) is 0 Å². The Bertz CT molecular complexity index is 793. The Morgan fingerprint density at radius 3 is 2.75 bits per heavy atom. The third kappa shape index (κ3) is 3.87. The summed E-state index contributed by atoms with van der Waals surface area (Å²) in [7, 11) is 0. The second-order valence-corrected chi connectivity index (χ2v) is 5.77. The van der Waals surface area contributed by atoms with Gasteiger partial charge in [-0.2, -0.15) is 10.1 Å². The largest absolute Gasteiger partial charge is 0.352 e. The predicted octanol–water partition coefficient (Wildman–Crippen LogP) is 2.31. The molecule has 0 radical (unpaired) electrons. The van der Waals surface area contributed by atoms with Crippen LogP contribution in [0, 0.1) is 12.8 Å². The zero-order valence-corrected chi connectivity index (χ0v) is 13.6. The van der Waals surface area contributed by atoms with E-state index in [1.807, 2.05) is 16.9 Å². The Morgan fingerprint density at radius 2 is 2.12 bits per heavy atom. The first-order chi connectivity index (χ1) is 11.6. The van der Waals surface area contributed by atoms with Crippen LogP contribution in [0.4, 0.5) is 0 Å². The average Bonchev–Trinajstić information content (AvgIpc) is 3.24. The van der Waals surface area contributed by atoms with E-state index in [2.05, 4.69) is 27.5 Å². The lowest BCUT2D eigenvalue weighted by Gasteiger charge is -2.13. The van der Waals surface area contributed by atoms with Crippen LogP contribution in [0.1, 0.15) is 23.1 Å². The van der Waals surface area contributed by atoms with Gasteiger partial charge in [-0.25, -0.2) is 0 Å². The van der Waals surface area contributed by atoms with Gasteiger partial charge in [0.05, 0.1) is 0 Å². The zero-order chi connectivity index (χ0) is 16.9. The maximum absolute atomic E-state index is 12.2. The number of carbonyl (C=O) groups excluding carboxylic acids is 1. The van der Waals surface area contributed by atoms with Crippen LogP contribution >= 0.6 is 0 Å². The Balaban J connectivity index is 1.55. The molecule has 0 spiro atoms. The molecule has 1 N–H and O–H groups in total. The number of rotatable bonds is 6. The number of nitrogens with zero attached hydrogens (tertiary/aromatic N) is 4. The zero-order valence-electron chi connectivity index (χ0n) is 13.6. The number of benzene rings is 1. The third-order valence-electron chi connectivity index (χ3n) is 3.59. The summed E-state index contributed by atoms with van der Waals surface area (Å²) < 4.78 is 6.97. The summed E-state index contributed by atoms with van der Waals surface area (Å²) in [6, 6.07) is 8.99. The Hall–Kier alpha value is -2.96. The van der Waals surface area contributed by atoms with Crippen molar-refractivity contribution < 1.29 is 9.32 Å². The van der Waals surface area contributed by atoms with Crippen molar-refractivity contribution in [2.75, 3.05) is 6.54 Å². The molecule has 0 bridgehead atoms. The summed E-state index contributed by atoms with van der Waals surface area (Å²) in [4.78, 5) is 16.4. The van der Waals surface area contributed by atoms with Crippen molar-refractivity contribution in [2.24, 2.45) is 5.92 Å². The second-order valence-electron chi connectivity index (χ2n) is 5.77. The highest BCUT2D eigenvalue weighted by Crippen LogP contribution is 2.17. The van der Waals surface area contributed by atoms with E-state index in [1.165, 1.54) is 0 Å². The Labute approximate surface area is 139 Å². The second kappa shape index (κ2) is 7.08. The molecule has 2 heterocycles. The van der Waals surface area contributed by atoms with Gasteiger partial charge in [0.25, 0.3) is 11.8 Å². The van der Waals surface area contributed by atoms with Crippen molar-refractivity contribution in [2.45, 2.75) is 20.4 Å². The van der Waals surface area contributed by atoms with E-state index in [0.29, 0.717) is 23.8 Å². The molecule has 7 heteroatoms. The Morgan fingerprint density at radius 1 is 1.33 bits per heavy atom. The van der Waals surface area contributed by atoms with E-state index < -0.39 is 0 Å². The van der Waals surface area contributed by atoms with Gasteiger partial charge in [0, 0.05) is 36.6 Å². The number of hydrogen-bond donors (Lipinski definition) is 1. The van der Waals surface area contributed by atoms with Crippen LogP contribution in [0.3, 0.4) is 0 Å². The molecule has 124 valence electrons. The van der Waals surface area contributed by atoms with Crippen LogP contribution in [0.15, 0.2) is 47.2 Å². The van der Waals surface area contributed by atoms with E-state index in [0.717, 1.165) is 12.1 Å². The molecule has 0 saturated carbocycles. The third-order valence-corrected chi connectivity index (χ3v) is 3.59. The average molecular weight is 325 g/mol. The summed E-state index contributed by atoms with van der Waals surface area (Å²) in [5.41, 5.74) is 1.39. The van der Waals surface area contributed by atoms with Gasteiger partial charge in [0.1, 0.15) is 0 Å².